The van der Waals surface area contributed by atoms with Crippen molar-refractivity contribution < 1.29 is 14.0 Å². The SMILES string of the molecule is COC(OC)C(C)NCc1ccon1. The number of nitrogens with one attached hydrogen (secondary N) is 1. The van der Waals surface area contributed by atoms with Gasteiger partial charge in [-0.3, -0.25) is 0 Å². The van der Waals surface area contributed by atoms with Crippen LogP contribution >= 0.6 is 0 Å². The molecule has 0 saturated heterocycles. The van der Waals surface area contributed by atoms with Crippen LogP contribution in [-0.2, 0) is 16.0 Å². The van der Waals surface area contributed by atoms with Gasteiger partial charge in [-0.2, -0.15) is 0 Å². The van der Waals surface area contributed by atoms with E-state index in [2.05, 4.69) is 10.5 Å². The van der Waals surface area contributed by atoms with Crippen molar-refractivity contribution in [3.8, 4) is 0 Å². The Morgan fingerprint density at radius 2 is 2.21 bits per heavy atom. The van der Waals surface area contributed by atoms with E-state index in [1.807, 2.05) is 13.0 Å². The van der Waals surface area contributed by atoms with Crippen LogP contribution in [0.1, 0.15) is 12.6 Å². The van der Waals surface area contributed by atoms with E-state index in [1.54, 1.807) is 20.5 Å². The molecule has 0 radical (unpaired) electrons. The second kappa shape index (κ2) is 5.74. The minimum absolute atomic E-state index is 0.0988. The van der Waals surface area contributed by atoms with E-state index in [0.29, 0.717) is 6.54 Å². The molecule has 1 aromatic rings. The molecule has 14 heavy (non-hydrogen) atoms. The van der Waals surface area contributed by atoms with Gasteiger partial charge in [0.05, 0.1) is 11.7 Å². The second-order valence-electron chi connectivity index (χ2n) is 3.00. The van der Waals surface area contributed by atoms with Crippen LogP contribution in [0.2, 0.25) is 0 Å². The fourth-order valence-corrected chi connectivity index (χ4v) is 1.19. The summed E-state index contributed by atoms with van der Waals surface area (Å²) in [5.41, 5.74) is 0.864. The van der Waals surface area contributed by atoms with Gasteiger partial charge in [0.2, 0.25) is 0 Å². The number of hydrogen-bond donors (Lipinski definition) is 1. The van der Waals surface area contributed by atoms with Crippen LogP contribution in [0.4, 0.5) is 0 Å². The Morgan fingerprint density at radius 3 is 2.71 bits per heavy atom. The quantitative estimate of drug-likeness (QED) is 0.687. The monoisotopic (exact) mass is 200 g/mol. The van der Waals surface area contributed by atoms with E-state index in [4.69, 9.17) is 14.0 Å². The number of nitrogens with zero attached hydrogens (tertiary/aromatic N) is 1. The molecule has 0 aromatic carbocycles. The van der Waals surface area contributed by atoms with Crippen molar-refractivity contribution in [2.75, 3.05) is 14.2 Å². The Kier molecular flexibility index (Phi) is 4.58. The van der Waals surface area contributed by atoms with E-state index in [9.17, 15) is 0 Å². The molecule has 0 amide bonds. The average Bonchev–Trinajstić information content (AvgIpc) is 2.69. The van der Waals surface area contributed by atoms with Crippen LogP contribution in [0.15, 0.2) is 16.9 Å². The van der Waals surface area contributed by atoms with Crippen molar-refractivity contribution in [3.05, 3.63) is 18.0 Å². The predicted molar refractivity (Wildman–Crippen MR) is 50.6 cm³/mol. The number of rotatable bonds is 6. The molecule has 1 unspecified atom stereocenters. The minimum Gasteiger partial charge on any atom is -0.364 e. The zero-order valence-corrected chi connectivity index (χ0v) is 8.69. The lowest BCUT2D eigenvalue weighted by Crippen LogP contribution is -2.39. The van der Waals surface area contributed by atoms with Gasteiger partial charge in [0.1, 0.15) is 6.26 Å². The Bertz CT molecular complexity index is 234. The molecule has 1 heterocycles. The maximum atomic E-state index is 5.10. The molecule has 5 nitrogen and oxygen atoms in total. The topological polar surface area (TPSA) is 56.5 Å². The van der Waals surface area contributed by atoms with E-state index in [-0.39, 0.29) is 12.3 Å². The maximum absolute atomic E-state index is 5.10. The normalized spacial score (nSPS) is 13.4. The van der Waals surface area contributed by atoms with Gasteiger partial charge in [0, 0.05) is 26.8 Å². The van der Waals surface area contributed by atoms with Crippen LogP contribution in [0, 0.1) is 0 Å². The lowest BCUT2D eigenvalue weighted by atomic mass is 10.3. The van der Waals surface area contributed by atoms with Gasteiger partial charge < -0.3 is 19.3 Å². The zero-order chi connectivity index (χ0) is 10.4. The summed E-state index contributed by atoms with van der Waals surface area (Å²) in [5.74, 6) is 0. The van der Waals surface area contributed by atoms with E-state index >= 15 is 0 Å². The third-order valence-electron chi connectivity index (χ3n) is 1.97. The predicted octanol–water partition coefficient (Wildman–Crippen LogP) is 0.772. The summed E-state index contributed by atoms with van der Waals surface area (Å²) in [7, 11) is 3.23. The largest absolute Gasteiger partial charge is 0.364 e. The summed E-state index contributed by atoms with van der Waals surface area (Å²) in [4.78, 5) is 0. The van der Waals surface area contributed by atoms with Crippen LogP contribution in [-0.4, -0.2) is 31.7 Å². The van der Waals surface area contributed by atoms with Crippen molar-refractivity contribution in [1.82, 2.24) is 10.5 Å². The summed E-state index contributed by atoms with van der Waals surface area (Å²) < 4.78 is 14.9. The third kappa shape index (κ3) is 3.10. The first-order valence-corrected chi connectivity index (χ1v) is 4.46. The molecule has 0 saturated carbocycles. The van der Waals surface area contributed by atoms with Gasteiger partial charge in [-0.25, -0.2) is 0 Å². The Labute approximate surface area is 83.4 Å². The van der Waals surface area contributed by atoms with Crippen molar-refractivity contribution in [1.29, 1.82) is 0 Å². The summed E-state index contributed by atoms with van der Waals surface area (Å²) in [6.45, 7) is 2.62. The number of hydrogen-bond acceptors (Lipinski definition) is 5. The molecule has 5 heteroatoms. The number of aromatic nitrogens is 1. The van der Waals surface area contributed by atoms with E-state index in [1.165, 1.54) is 0 Å². The van der Waals surface area contributed by atoms with Gasteiger partial charge in [-0.05, 0) is 6.92 Å². The van der Waals surface area contributed by atoms with Gasteiger partial charge in [0.15, 0.2) is 6.29 Å². The molecular formula is C9H16N2O3. The summed E-state index contributed by atoms with van der Waals surface area (Å²) in [6, 6.07) is 1.91. The highest BCUT2D eigenvalue weighted by Gasteiger charge is 2.14. The highest BCUT2D eigenvalue weighted by Crippen LogP contribution is 2.00. The zero-order valence-electron chi connectivity index (χ0n) is 8.69. The van der Waals surface area contributed by atoms with Gasteiger partial charge in [-0.15, -0.1) is 0 Å². The molecule has 1 N–H and O–H groups in total. The molecule has 0 bridgehead atoms. The molecule has 0 fully saturated rings. The Hall–Kier alpha value is -0.910. The lowest BCUT2D eigenvalue weighted by molar-refractivity contribution is -0.119. The van der Waals surface area contributed by atoms with Gasteiger partial charge in [-0.1, -0.05) is 5.16 Å². The van der Waals surface area contributed by atoms with Crippen molar-refractivity contribution in [3.63, 3.8) is 0 Å². The highest BCUT2D eigenvalue weighted by molar-refractivity contribution is 4.94. The summed E-state index contributed by atoms with van der Waals surface area (Å²) >= 11 is 0. The van der Waals surface area contributed by atoms with E-state index < -0.39 is 0 Å². The van der Waals surface area contributed by atoms with Crippen LogP contribution < -0.4 is 5.32 Å². The standard InChI is InChI=1S/C9H16N2O3/c1-7(9(12-2)13-3)10-6-8-4-5-14-11-8/h4-5,7,9-10H,6H2,1-3H3. The Morgan fingerprint density at radius 1 is 1.50 bits per heavy atom. The van der Waals surface area contributed by atoms with E-state index in [0.717, 1.165) is 5.69 Å². The first kappa shape index (κ1) is 11.2. The molecule has 1 atom stereocenters. The number of ether oxygens (including phenoxy) is 2. The smallest absolute Gasteiger partial charge is 0.171 e. The summed E-state index contributed by atoms with van der Waals surface area (Å²) in [6.07, 6.45) is 1.30. The molecule has 0 aliphatic carbocycles. The van der Waals surface area contributed by atoms with Crippen LogP contribution in [0.3, 0.4) is 0 Å². The van der Waals surface area contributed by atoms with Crippen molar-refractivity contribution >= 4 is 0 Å². The molecular weight excluding hydrogens is 184 g/mol. The van der Waals surface area contributed by atoms with Gasteiger partial charge >= 0.3 is 0 Å². The molecule has 1 aromatic heterocycles. The number of methoxy groups -OCH3 is 2. The maximum Gasteiger partial charge on any atom is 0.171 e. The summed E-state index contributed by atoms with van der Waals surface area (Å²) in [5, 5.41) is 6.99. The molecule has 0 aliphatic heterocycles. The molecule has 0 spiro atoms. The molecule has 1 rings (SSSR count). The van der Waals surface area contributed by atoms with Crippen molar-refractivity contribution in [2.45, 2.75) is 25.8 Å². The first-order valence-electron chi connectivity index (χ1n) is 4.46. The van der Waals surface area contributed by atoms with Crippen molar-refractivity contribution in [2.24, 2.45) is 0 Å². The van der Waals surface area contributed by atoms with Crippen LogP contribution in [0.5, 0.6) is 0 Å². The van der Waals surface area contributed by atoms with Gasteiger partial charge in [0.25, 0.3) is 0 Å². The minimum atomic E-state index is -0.248. The average molecular weight is 200 g/mol. The first-order chi connectivity index (χ1) is 6.77. The second-order valence-corrected chi connectivity index (χ2v) is 3.00. The lowest BCUT2D eigenvalue weighted by Gasteiger charge is -2.21. The highest BCUT2D eigenvalue weighted by atomic mass is 16.7. The fraction of sp³-hybridized carbons (Fsp3) is 0.667. The Balaban J connectivity index is 2.30. The van der Waals surface area contributed by atoms with Crippen LogP contribution in [0.25, 0.3) is 0 Å². The molecule has 80 valence electrons. The fourth-order valence-electron chi connectivity index (χ4n) is 1.19. The third-order valence-corrected chi connectivity index (χ3v) is 1.97. The molecule has 0 aliphatic rings.